The topological polar surface area (TPSA) is 47.3 Å². The summed E-state index contributed by atoms with van der Waals surface area (Å²) in [6, 6.07) is 0. The van der Waals surface area contributed by atoms with Gasteiger partial charge in [-0.05, 0) is 26.3 Å². The van der Waals surface area contributed by atoms with Crippen LogP contribution in [0.3, 0.4) is 0 Å². The molecule has 2 heterocycles. The molecule has 1 fully saturated rings. The number of aromatic nitrogens is 1. The summed E-state index contributed by atoms with van der Waals surface area (Å²) in [7, 11) is 0. The fourth-order valence-electron chi connectivity index (χ4n) is 2.14. The summed E-state index contributed by atoms with van der Waals surface area (Å²) >= 11 is 0. The third-order valence-electron chi connectivity index (χ3n) is 3.11. The summed E-state index contributed by atoms with van der Waals surface area (Å²) in [6.45, 7) is 7.03. The smallest absolute Gasteiger partial charge is 0.195 e. The number of oxazole rings is 1. The van der Waals surface area contributed by atoms with Crippen LogP contribution in [-0.2, 0) is 11.2 Å². The molecule has 2 atom stereocenters. The fourth-order valence-corrected chi connectivity index (χ4v) is 2.14. The zero-order chi connectivity index (χ0) is 12.1. The van der Waals surface area contributed by atoms with Crippen molar-refractivity contribution in [3.63, 3.8) is 0 Å². The Balaban J connectivity index is 1.79. The van der Waals surface area contributed by atoms with E-state index in [1.54, 1.807) is 0 Å². The molecule has 2 unspecified atom stereocenters. The van der Waals surface area contributed by atoms with Crippen molar-refractivity contribution in [2.24, 2.45) is 0 Å². The van der Waals surface area contributed by atoms with Crippen LogP contribution in [0.25, 0.3) is 0 Å². The predicted molar refractivity (Wildman–Crippen MR) is 66.1 cm³/mol. The van der Waals surface area contributed by atoms with E-state index in [0.29, 0.717) is 12.0 Å². The van der Waals surface area contributed by atoms with E-state index in [-0.39, 0.29) is 0 Å². The minimum absolute atomic E-state index is 0.347. The summed E-state index contributed by atoms with van der Waals surface area (Å²) in [6.07, 6.45) is 5.28. The molecule has 0 saturated carbocycles. The number of nitrogens with zero attached hydrogens (tertiary/aromatic N) is 1. The van der Waals surface area contributed by atoms with E-state index >= 15 is 0 Å². The molecule has 4 nitrogen and oxygen atoms in total. The molecular weight excluding hydrogens is 216 g/mol. The molecule has 2 rings (SSSR count). The first-order valence-corrected chi connectivity index (χ1v) is 6.56. The van der Waals surface area contributed by atoms with Gasteiger partial charge in [-0.1, -0.05) is 6.92 Å². The largest absolute Gasteiger partial charge is 0.445 e. The molecule has 1 N–H and O–H groups in total. The third-order valence-corrected chi connectivity index (χ3v) is 3.11. The van der Waals surface area contributed by atoms with Crippen molar-refractivity contribution in [2.45, 2.75) is 45.1 Å². The minimum Gasteiger partial charge on any atom is -0.445 e. The molecule has 4 heteroatoms. The second-order valence-electron chi connectivity index (χ2n) is 4.73. The van der Waals surface area contributed by atoms with Crippen LogP contribution in [0.5, 0.6) is 0 Å². The van der Waals surface area contributed by atoms with Gasteiger partial charge in [-0.25, -0.2) is 4.98 Å². The number of nitrogens with one attached hydrogen (secondary N) is 1. The maximum atomic E-state index is 5.76. The van der Waals surface area contributed by atoms with Gasteiger partial charge in [0, 0.05) is 18.9 Å². The lowest BCUT2D eigenvalue weighted by Crippen LogP contribution is -2.17. The van der Waals surface area contributed by atoms with Gasteiger partial charge in [0.15, 0.2) is 5.89 Å². The first-order valence-electron chi connectivity index (χ1n) is 6.56. The molecule has 0 radical (unpaired) electrons. The molecular formula is C13H22N2O2. The second kappa shape index (κ2) is 6.17. The number of hydrogen-bond acceptors (Lipinski definition) is 4. The molecule has 0 bridgehead atoms. The maximum absolute atomic E-state index is 5.76. The van der Waals surface area contributed by atoms with E-state index in [4.69, 9.17) is 9.15 Å². The van der Waals surface area contributed by atoms with E-state index < -0.39 is 0 Å². The van der Waals surface area contributed by atoms with Crippen LogP contribution in [0, 0.1) is 0 Å². The third kappa shape index (κ3) is 3.54. The minimum atomic E-state index is 0.347. The van der Waals surface area contributed by atoms with Crippen LogP contribution >= 0.6 is 0 Å². The molecule has 0 spiro atoms. The van der Waals surface area contributed by atoms with Gasteiger partial charge < -0.3 is 14.5 Å². The number of hydrogen-bond donors (Lipinski definition) is 1. The lowest BCUT2D eigenvalue weighted by atomic mass is 10.0. The van der Waals surface area contributed by atoms with Gasteiger partial charge in [-0.3, -0.25) is 0 Å². The van der Waals surface area contributed by atoms with E-state index in [0.717, 1.165) is 50.6 Å². The van der Waals surface area contributed by atoms with Crippen molar-refractivity contribution in [3.8, 4) is 0 Å². The Morgan fingerprint density at radius 2 is 2.35 bits per heavy atom. The Kier molecular flexibility index (Phi) is 4.57. The van der Waals surface area contributed by atoms with Crippen LogP contribution < -0.4 is 5.32 Å². The fraction of sp³-hybridized carbons (Fsp3) is 0.769. The highest BCUT2D eigenvalue weighted by molar-refractivity contribution is 5.04. The molecule has 17 heavy (non-hydrogen) atoms. The van der Waals surface area contributed by atoms with Crippen LogP contribution in [0.2, 0.25) is 0 Å². The molecule has 1 aliphatic rings. The van der Waals surface area contributed by atoms with Gasteiger partial charge in [-0.15, -0.1) is 0 Å². The average Bonchev–Trinajstić information content (AvgIpc) is 2.93. The van der Waals surface area contributed by atoms with E-state index in [9.17, 15) is 0 Å². The van der Waals surface area contributed by atoms with Gasteiger partial charge in [0.05, 0.1) is 18.9 Å². The Hall–Kier alpha value is -0.870. The van der Waals surface area contributed by atoms with E-state index in [1.807, 2.05) is 6.20 Å². The highest BCUT2D eigenvalue weighted by Crippen LogP contribution is 2.29. The summed E-state index contributed by atoms with van der Waals surface area (Å²) in [5.74, 6) is 2.22. The lowest BCUT2D eigenvalue weighted by Gasteiger charge is -2.02. The summed E-state index contributed by atoms with van der Waals surface area (Å²) in [5.41, 5.74) is 0. The first kappa shape index (κ1) is 12.6. The highest BCUT2D eigenvalue weighted by atomic mass is 16.5. The van der Waals surface area contributed by atoms with Gasteiger partial charge in [-0.2, -0.15) is 0 Å². The van der Waals surface area contributed by atoms with Crippen molar-refractivity contribution in [1.29, 1.82) is 0 Å². The molecule has 1 saturated heterocycles. The summed E-state index contributed by atoms with van der Waals surface area (Å²) < 4.78 is 11.3. The summed E-state index contributed by atoms with van der Waals surface area (Å²) in [4.78, 5) is 4.32. The lowest BCUT2D eigenvalue weighted by molar-refractivity contribution is 0.122. The quantitative estimate of drug-likeness (QED) is 0.771. The van der Waals surface area contributed by atoms with Crippen molar-refractivity contribution >= 4 is 0 Å². The van der Waals surface area contributed by atoms with Crippen LogP contribution in [0.4, 0.5) is 0 Å². The standard InChI is InChI=1S/C13H22N2O2/c1-3-5-14-6-4-13-15-8-12(17-13)11-7-10(2)16-9-11/h8,10-11,14H,3-7,9H2,1-2H3. The van der Waals surface area contributed by atoms with Crippen molar-refractivity contribution in [1.82, 2.24) is 10.3 Å². The number of ether oxygens (including phenoxy) is 1. The Bertz CT molecular complexity index is 338. The van der Waals surface area contributed by atoms with Gasteiger partial charge >= 0.3 is 0 Å². The average molecular weight is 238 g/mol. The number of rotatable bonds is 6. The highest BCUT2D eigenvalue weighted by Gasteiger charge is 2.26. The van der Waals surface area contributed by atoms with Crippen LogP contribution in [0.15, 0.2) is 10.6 Å². The van der Waals surface area contributed by atoms with Crippen LogP contribution in [0.1, 0.15) is 44.3 Å². The van der Waals surface area contributed by atoms with E-state index in [1.165, 1.54) is 0 Å². The molecule has 96 valence electrons. The Labute approximate surface area is 103 Å². The Morgan fingerprint density at radius 1 is 1.47 bits per heavy atom. The van der Waals surface area contributed by atoms with Crippen molar-refractivity contribution in [3.05, 3.63) is 17.8 Å². The van der Waals surface area contributed by atoms with Gasteiger partial charge in [0.1, 0.15) is 5.76 Å². The maximum Gasteiger partial charge on any atom is 0.195 e. The molecule has 0 amide bonds. The second-order valence-corrected chi connectivity index (χ2v) is 4.73. The van der Waals surface area contributed by atoms with Crippen molar-refractivity contribution < 1.29 is 9.15 Å². The zero-order valence-electron chi connectivity index (χ0n) is 10.7. The zero-order valence-corrected chi connectivity index (χ0v) is 10.7. The normalized spacial score (nSPS) is 24.4. The van der Waals surface area contributed by atoms with Gasteiger partial charge in [0.25, 0.3) is 0 Å². The monoisotopic (exact) mass is 238 g/mol. The molecule has 1 aliphatic heterocycles. The predicted octanol–water partition coefficient (Wildman–Crippen LogP) is 2.11. The molecule has 0 aromatic carbocycles. The molecule has 0 aliphatic carbocycles. The SMILES string of the molecule is CCCNCCc1ncc(C2COC(C)C2)o1. The van der Waals surface area contributed by atoms with Gasteiger partial charge in [0.2, 0.25) is 0 Å². The van der Waals surface area contributed by atoms with Crippen LogP contribution in [-0.4, -0.2) is 30.8 Å². The van der Waals surface area contributed by atoms with E-state index in [2.05, 4.69) is 24.1 Å². The Morgan fingerprint density at radius 3 is 3.06 bits per heavy atom. The molecule has 1 aromatic heterocycles. The first-order chi connectivity index (χ1) is 8.29. The molecule has 1 aromatic rings. The van der Waals surface area contributed by atoms with Crippen molar-refractivity contribution in [2.75, 3.05) is 19.7 Å². The summed E-state index contributed by atoms with van der Waals surface area (Å²) in [5, 5.41) is 3.34.